The van der Waals surface area contributed by atoms with Crippen molar-refractivity contribution in [2.24, 2.45) is 0 Å². The Morgan fingerprint density at radius 2 is 1.84 bits per heavy atom. The molecule has 4 rings (SSSR count). The molecule has 1 saturated heterocycles. The number of urea groups is 1. The predicted molar refractivity (Wildman–Crippen MR) is 104 cm³/mol. The van der Waals surface area contributed by atoms with Gasteiger partial charge < -0.3 is 15.1 Å². The lowest BCUT2D eigenvalue weighted by Crippen LogP contribution is -2.50. The number of amides is 2. The smallest absolute Gasteiger partial charge is 0.321 e. The van der Waals surface area contributed by atoms with Gasteiger partial charge in [0.25, 0.3) is 0 Å². The number of nitrogens with zero attached hydrogens (tertiary/aromatic N) is 3. The Morgan fingerprint density at radius 3 is 2.60 bits per heavy atom. The minimum absolute atomic E-state index is 0.0340. The van der Waals surface area contributed by atoms with Gasteiger partial charge in [-0.2, -0.15) is 0 Å². The number of hydrogen-bond donors (Lipinski definition) is 1. The molecule has 1 aliphatic rings. The molecular weight excluding hydrogens is 332 g/mol. The van der Waals surface area contributed by atoms with Gasteiger partial charge in [0.2, 0.25) is 0 Å². The van der Waals surface area contributed by atoms with E-state index in [1.165, 1.54) is 5.69 Å². The molecule has 1 fully saturated rings. The van der Waals surface area contributed by atoms with Gasteiger partial charge in [0.15, 0.2) is 0 Å². The second-order valence-corrected chi connectivity index (χ2v) is 7.39. The maximum atomic E-state index is 12.5. The monoisotopic (exact) mass is 352 g/mol. The molecule has 0 unspecified atom stereocenters. The average Bonchev–Trinajstić information content (AvgIpc) is 3.02. The van der Waals surface area contributed by atoms with Crippen LogP contribution in [0.2, 0.25) is 0 Å². The van der Waals surface area contributed by atoms with Crippen LogP contribution >= 0.6 is 11.3 Å². The normalized spacial score (nSPS) is 14.8. The number of fused-ring (bicyclic) bond motifs is 1. The Bertz CT molecular complexity index is 885. The van der Waals surface area contributed by atoms with Gasteiger partial charge in [0, 0.05) is 37.6 Å². The van der Waals surface area contributed by atoms with Gasteiger partial charge in [-0.3, -0.25) is 0 Å². The fraction of sp³-hybridized carbons (Fsp3) is 0.263. The van der Waals surface area contributed by atoms with Crippen molar-refractivity contribution in [2.75, 3.05) is 36.4 Å². The van der Waals surface area contributed by atoms with Crippen molar-refractivity contribution >= 4 is 39.0 Å². The van der Waals surface area contributed by atoms with Crippen LogP contribution in [0.25, 0.3) is 10.2 Å². The van der Waals surface area contributed by atoms with Crippen LogP contribution in [-0.4, -0.2) is 42.1 Å². The summed E-state index contributed by atoms with van der Waals surface area (Å²) in [5.74, 6) is 0. The van der Waals surface area contributed by atoms with E-state index in [-0.39, 0.29) is 6.03 Å². The fourth-order valence-electron chi connectivity index (χ4n) is 3.13. The number of anilines is 2. The van der Waals surface area contributed by atoms with Crippen LogP contribution in [0.1, 0.15) is 5.01 Å². The minimum atomic E-state index is -0.0340. The lowest BCUT2D eigenvalue weighted by molar-refractivity contribution is 0.208. The number of aryl methyl sites for hydroxylation is 1. The second-order valence-electron chi connectivity index (χ2n) is 6.16. The summed E-state index contributed by atoms with van der Waals surface area (Å²) >= 11 is 1.64. The third-order valence-electron chi connectivity index (χ3n) is 4.43. The summed E-state index contributed by atoms with van der Waals surface area (Å²) < 4.78 is 1.10. The van der Waals surface area contributed by atoms with Crippen molar-refractivity contribution in [3.05, 3.63) is 53.5 Å². The van der Waals surface area contributed by atoms with Gasteiger partial charge in [-0.1, -0.05) is 18.2 Å². The first kappa shape index (κ1) is 15.9. The molecule has 128 valence electrons. The SMILES string of the molecule is Cc1nc2ccc(NC(=O)N3CCN(c4ccccc4)CC3)cc2s1. The van der Waals surface area contributed by atoms with E-state index in [1.807, 2.05) is 48.2 Å². The number of piperazine rings is 1. The van der Waals surface area contributed by atoms with E-state index in [4.69, 9.17) is 0 Å². The van der Waals surface area contributed by atoms with Crippen LogP contribution in [0.4, 0.5) is 16.2 Å². The Labute approximate surface area is 150 Å². The van der Waals surface area contributed by atoms with Gasteiger partial charge in [0.05, 0.1) is 15.2 Å². The van der Waals surface area contributed by atoms with Gasteiger partial charge in [0.1, 0.15) is 0 Å². The number of carbonyl (C=O) groups excluding carboxylic acids is 1. The van der Waals surface area contributed by atoms with Crippen LogP contribution in [0.3, 0.4) is 0 Å². The molecule has 2 aromatic carbocycles. The van der Waals surface area contributed by atoms with Crippen molar-refractivity contribution in [3.8, 4) is 0 Å². The van der Waals surface area contributed by atoms with E-state index in [2.05, 4.69) is 27.3 Å². The van der Waals surface area contributed by atoms with Gasteiger partial charge >= 0.3 is 6.03 Å². The number of para-hydroxylation sites is 1. The molecule has 1 aromatic heterocycles. The largest absolute Gasteiger partial charge is 0.368 e. The number of nitrogens with one attached hydrogen (secondary N) is 1. The zero-order valence-electron chi connectivity index (χ0n) is 14.1. The number of hydrogen-bond acceptors (Lipinski definition) is 4. The van der Waals surface area contributed by atoms with E-state index in [0.717, 1.165) is 47.1 Å². The van der Waals surface area contributed by atoms with Crippen LogP contribution in [0, 0.1) is 6.92 Å². The number of thiazole rings is 1. The summed E-state index contributed by atoms with van der Waals surface area (Å²) in [4.78, 5) is 21.2. The van der Waals surface area contributed by atoms with Crippen molar-refractivity contribution in [1.82, 2.24) is 9.88 Å². The van der Waals surface area contributed by atoms with E-state index in [9.17, 15) is 4.79 Å². The van der Waals surface area contributed by atoms with Crippen LogP contribution in [0.5, 0.6) is 0 Å². The Balaban J connectivity index is 1.38. The summed E-state index contributed by atoms with van der Waals surface area (Å²) in [5.41, 5.74) is 3.03. The average molecular weight is 352 g/mol. The quantitative estimate of drug-likeness (QED) is 0.759. The lowest BCUT2D eigenvalue weighted by Gasteiger charge is -2.36. The van der Waals surface area contributed by atoms with Crippen LogP contribution in [-0.2, 0) is 0 Å². The zero-order valence-corrected chi connectivity index (χ0v) is 14.9. The summed E-state index contributed by atoms with van der Waals surface area (Å²) in [6.45, 7) is 5.15. The van der Waals surface area contributed by atoms with E-state index >= 15 is 0 Å². The third kappa shape index (κ3) is 3.44. The first-order valence-electron chi connectivity index (χ1n) is 8.42. The number of rotatable bonds is 2. The maximum Gasteiger partial charge on any atom is 0.321 e. The summed E-state index contributed by atoms with van der Waals surface area (Å²) in [7, 11) is 0. The first-order valence-corrected chi connectivity index (χ1v) is 9.24. The van der Waals surface area contributed by atoms with E-state index in [1.54, 1.807) is 11.3 Å². The van der Waals surface area contributed by atoms with E-state index < -0.39 is 0 Å². The molecule has 0 spiro atoms. The molecule has 1 aliphatic heterocycles. The molecule has 2 amide bonds. The van der Waals surface area contributed by atoms with E-state index in [0.29, 0.717) is 0 Å². The second kappa shape index (κ2) is 6.72. The molecule has 0 radical (unpaired) electrons. The highest BCUT2D eigenvalue weighted by molar-refractivity contribution is 7.18. The Kier molecular flexibility index (Phi) is 4.28. The van der Waals surface area contributed by atoms with Crippen molar-refractivity contribution in [1.29, 1.82) is 0 Å². The minimum Gasteiger partial charge on any atom is -0.368 e. The standard InChI is InChI=1S/C19H20N4OS/c1-14-20-17-8-7-15(13-18(17)25-14)21-19(24)23-11-9-22(10-12-23)16-5-3-2-4-6-16/h2-8,13H,9-12H2,1H3,(H,21,24). The van der Waals surface area contributed by atoms with Crippen LogP contribution in [0.15, 0.2) is 48.5 Å². The number of carbonyl (C=O) groups is 1. The maximum absolute atomic E-state index is 12.5. The highest BCUT2D eigenvalue weighted by Crippen LogP contribution is 2.25. The topological polar surface area (TPSA) is 48.5 Å². The highest BCUT2D eigenvalue weighted by Gasteiger charge is 2.21. The third-order valence-corrected chi connectivity index (χ3v) is 5.37. The molecule has 0 bridgehead atoms. The number of benzene rings is 2. The molecule has 3 aromatic rings. The molecule has 0 saturated carbocycles. The van der Waals surface area contributed by atoms with Gasteiger partial charge in [-0.25, -0.2) is 9.78 Å². The molecule has 0 aliphatic carbocycles. The molecule has 1 N–H and O–H groups in total. The highest BCUT2D eigenvalue weighted by atomic mass is 32.1. The predicted octanol–water partition coefficient (Wildman–Crippen LogP) is 3.96. The summed E-state index contributed by atoms with van der Waals surface area (Å²) in [6, 6.07) is 16.2. The molecule has 0 atom stereocenters. The van der Waals surface area contributed by atoms with Crippen molar-refractivity contribution in [3.63, 3.8) is 0 Å². The van der Waals surface area contributed by atoms with Crippen molar-refractivity contribution in [2.45, 2.75) is 6.92 Å². The lowest BCUT2D eigenvalue weighted by atomic mass is 10.2. The molecule has 5 nitrogen and oxygen atoms in total. The summed E-state index contributed by atoms with van der Waals surface area (Å²) in [6.07, 6.45) is 0. The molecule has 2 heterocycles. The first-order chi connectivity index (χ1) is 12.2. The fourth-order valence-corrected chi connectivity index (χ4v) is 3.99. The van der Waals surface area contributed by atoms with Gasteiger partial charge in [-0.05, 0) is 37.3 Å². The number of aromatic nitrogens is 1. The van der Waals surface area contributed by atoms with Gasteiger partial charge in [-0.15, -0.1) is 11.3 Å². The Hall–Kier alpha value is -2.60. The molecular formula is C19H20N4OS. The summed E-state index contributed by atoms with van der Waals surface area (Å²) in [5, 5.41) is 4.05. The van der Waals surface area contributed by atoms with Crippen LogP contribution < -0.4 is 10.2 Å². The Morgan fingerprint density at radius 1 is 1.08 bits per heavy atom. The molecule has 6 heteroatoms. The molecule has 25 heavy (non-hydrogen) atoms. The zero-order chi connectivity index (χ0) is 17.2. The van der Waals surface area contributed by atoms with Crippen molar-refractivity contribution < 1.29 is 4.79 Å².